The predicted octanol–water partition coefficient (Wildman–Crippen LogP) is 4.07. The van der Waals surface area contributed by atoms with Crippen molar-refractivity contribution in [2.24, 2.45) is 0 Å². The number of aromatic nitrogens is 2. The van der Waals surface area contributed by atoms with Crippen LogP contribution in [0.2, 0.25) is 5.02 Å². The highest BCUT2D eigenvalue weighted by Gasteiger charge is 2.12. The molecule has 4 nitrogen and oxygen atoms in total. The molecule has 1 N–H and O–H groups in total. The summed E-state index contributed by atoms with van der Waals surface area (Å²) in [4.78, 5) is 15.5. The Labute approximate surface area is 126 Å². The number of nitrogens with zero attached hydrogens (tertiary/aromatic N) is 2. The molecule has 5 heteroatoms. The molecular weight excluding hydrogens is 288 g/mol. The Balaban J connectivity index is 2.17. The van der Waals surface area contributed by atoms with Crippen LogP contribution in [0, 0.1) is 0 Å². The summed E-state index contributed by atoms with van der Waals surface area (Å²) in [6, 6.07) is 12.3. The van der Waals surface area contributed by atoms with Crippen molar-refractivity contribution >= 4 is 28.6 Å². The number of rotatable bonds is 3. The molecule has 0 saturated carbocycles. The normalized spacial score (nSPS) is 11.0. The number of benzene rings is 2. The van der Waals surface area contributed by atoms with Gasteiger partial charge in [0.05, 0.1) is 16.6 Å². The Morgan fingerprint density at radius 1 is 1.24 bits per heavy atom. The van der Waals surface area contributed by atoms with Crippen molar-refractivity contribution in [3.63, 3.8) is 0 Å². The predicted molar refractivity (Wildman–Crippen MR) is 82.8 cm³/mol. The summed E-state index contributed by atoms with van der Waals surface area (Å²) in [6.45, 7) is 2.82. The van der Waals surface area contributed by atoms with Crippen molar-refractivity contribution in [1.29, 1.82) is 0 Å². The molecular formula is C16H13ClN2O2. The van der Waals surface area contributed by atoms with Crippen LogP contribution in [0.4, 0.5) is 0 Å². The second-order valence-corrected chi connectivity index (χ2v) is 5.13. The van der Waals surface area contributed by atoms with Crippen LogP contribution in [-0.2, 0) is 6.54 Å². The minimum Gasteiger partial charge on any atom is -0.478 e. The number of fused-ring (bicyclic) bond motifs is 1. The third kappa shape index (κ3) is 2.38. The first kappa shape index (κ1) is 13.6. The van der Waals surface area contributed by atoms with Crippen LogP contribution in [0.1, 0.15) is 17.3 Å². The maximum atomic E-state index is 10.9. The molecule has 1 aromatic heterocycles. The number of aryl methyl sites for hydroxylation is 1. The lowest BCUT2D eigenvalue weighted by molar-refractivity contribution is 0.0697. The summed E-state index contributed by atoms with van der Waals surface area (Å²) < 4.78 is 2.08. The Kier molecular flexibility index (Phi) is 3.39. The fourth-order valence-corrected chi connectivity index (χ4v) is 2.57. The van der Waals surface area contributed by atoms with Gasteiger partial charge in [0.2, 0.25) is 0 Å². The molecule has 0 fully saturated rings. The van der Waals surface area contributed by atoms with Gasteiger partial charge in [0, 0.05) is 17.1 Å². The van der Waals surface area contributed by atoms with Gasteiger partial charge >= 0.3 is 5.97 Å². The van der Waals surface area contributed by atoms with E-state index in [1.54, 1.807) is 24.3 Å². The van der Waals surface area contributed by atoms with Crippen molar-refractivity contribution in [3.05, 3.63) is 53.1 Å². The van der Waals surface area contributed by atoms with E-state index in [1.807, 2.05) is 25.1 Å². The molecule has 21 heavy (non-hydrogen) atoms. The van der Waals surface area contributed by atoms with E-state index in [4.69, 9.17) is 16.7 Å². The van der Waals surface area contributed by atoms with Gasteiger partial charge < -0.3 is 9.67 Å². The minimum absolute atomic E-state index is 0.265. The average molecular weight is 301 g/mol. The molecule has 0 aliphatic rings. The number of aromatic carboxylic acids is 1. The standard InChI is InChI=1S/C16H13ClN2O2/c1-2-19-14-8-7-12(17)9-13(14)18-15(19)10-3-5-11(6-4-10)16(20)21/h3-9H,2H2,1H3,(H,20,21). The van der Waals surface area contributed by atoms with E-state index in [1.165, 1.54) is 0 Å². The SMILES string of the molecule is CCn1c(-c2ccc(C(=O)O)cc2)nc2cc(Cl)ccc21. The van der Waals surface area contributed by atoms with Gasteiger partial charge in [-0.1, -0.05) is 23.7 Å². The van der Waals surface area contributed by atoms with Crippen molar-refractivity contribution in [2.75, 3.05) is 0 Å². The average Bonchev–Trinajstić information content (AvgIpc) is 2.84. The summed E-state index contributed by atoms with van der Waals surface area (Å²) in [5.41, 5.74) is 3.00. The first-order valence-electron chi connectivity index (χ1n) is 6.59. The van der Waals surface area contributed by atoms with Gasteiger partial charge in [-0.15, -0.1) is 0 Å². The second-order valence-electron chi connectivity index (χ2n) is 4.70. The maximum Gasteiger partial charge on any atom is 0.335 e. The zero-order valence-corrected chi connectivity index (χ0v) is 12.1. The van der Waals surface area contributed by atoms with Crippen LogP contribution in [0.3, 0.4) is 0 Å². The Morgan fingerprint density at radius 2 is 1.95 bits per heavy atom. The second kappa shape index (κ2) is 5.22. The Morgan fingerprint density at radius 3 is 2.57 bits per heavy atom. The zero-order valence-electron chi connectivity index (χ0n) is 11.4. The molecule has 0 amide bonds. The molecule has 0 unspecified atom stereocenters. The van der Waals surface area contributed by atoms with Gasteiger partial charge in [0.15, 0.2) is 0 Å². The Bertz CT molecular complexity index is 822. The molecule has 106 valence electrons. The van der Waals surface area contributed by atoms with Crippen LogP contribution < -0.4 is 0 Å². The Hall–Kier alpha value is -2.33. The quantitative estimate of drug-likeness (QED) is 0.793. The van der Waals surface area contributed by atoms with Crippen molar-refractivity contribution in [1.82, 2.24) is 9.55 Å². The van der Waals surface area contributed by atoms with Crippen LogP contribution >= 0.6 is 11.6 Å². The van der Waals surface area contributed by atoms with E-state index in [0.717, 1.165) is 29.0 Å². The van der Waals surface area contributed by atoms with Gasteiger partial charge in [-0.05, 0) is 37.3 Å². The number of carboxylic acids is 1. The van der Waals surface area contributed by atoms with E-state index in [0.29, 0.717) is 5.02 Å². The molecule has 0 aliphatic carbocycles. The largest absolute Gasteiger partial charge is 0.478 e. The van der Waals surface area contributed by atoms with Crippen LogP contribution in [-0.4, -0.2) is 20.6 Å². The van der Waals surface area contributed by atoms with Crippen molar-refractivity contribution in [2.45, 2.75) is 13.5 Å². The number of carbonyl (C=O) groups is 1. The van der Waals surface area contributed by atoms with E-state index in [2.05, 4.69) is 9.55 Å². The highest BCUT2D eigenvalue weighted by molar-refractivity contribution is 6.31. The van der Waals surface area contributed by atoms with Crippen LogP contribution in [0.15, 0.2) is 42.5 Å². The van der Waals surface area contributed by atoms with Gasteiger partial charge in [0.1, 0.15) is 5.82 Å². The molecule has 0 saturated heterocycles. The van der Waals surface area contributed by atoms with Gasteiger partial charge in [-0.25, -0.2) is 9.78 Å². The van der Waals surface area contributed by atoms with Crippen molar-refractivity contribution < 1.29 is 9.90 Å². The van der Waals surface area contributed by atoms with Gasteiger partial charge in [0.25, 0.3) is 0 Å². The van der Waals surface area contributed by atoms with Crippen molar-refractivity contribution in [3.8, 4) is 11.4 Å². The molecule has 3 rings (SSSR count). The first-order chi connectivity index (χ1) is 10.1. The summed E-state index contributed by atoms with van der Waals surface area (Å²) in [7, 11) is 0. The minimum atomic E-state index is -0.933. The maximum absolute atomic E-state index is 10.9. The monoisotopic (exact) mass is 300 g/mol. The third-order valence-corrected chi connectivity index (χ3v) is 3.65. The lowest BCUT2D eigenvalue weighted by atomic mass is 10.1. The number of imidazole rings is 1. The molecule has 2 aromatic carbocycles. The van der Waals surface area contributed by atoms with Crippen LogP contribution in [0.5, 0.6) is 0 Å². The summed E-state index contributed by atoms with van der Waals surface area (Å²) in [6.07, 6.45) is 0. The van der Waals surface area contributed by atoms with Gasteiger partial charge in [-0.3, -0.25) is 0 Å². The summed E-state index contributed by atoms with van der Waals surface area (Å²) >= 11 is 6.01. The fraction of sp³-hybridized carbons (Fsp3) is 0.125. The molecule has 0 atom stereocenters. The third-order valence-electron chi connectivity index (χ3n) is 3.42. The number of halogens is 1. The number of hydrogen-bond acceptors (Lipinski definition) is 2. The lowest BCUT2D eigenvalue weighted by Gasteiger charge is -2.06. The van der Waals surface area contributed by atoms with Crippen LogP contribution in [0.25, 0.3) is 22.4 Å². The lowest BCUT2D eigenvalue weighted by Crippen LogP contribution is -1.99. The highest BCUT2D eigenvalue weighted by atomic mass is 35.5. The number of carboxylic acid groups (broad SMARTS) is 1. The number of hydrogen-bond donors (Lipinski definition) is 1. The molecule has 0 radical (unpaired) electrons. The summed E-state index contributed by atoms with van der Waals surface area (Å²) in [5, 5.41) is 9.61. The van der Waals surface area contributed by atoms with E-state index >= 15 is 0 Å². The van der Waals surface area contributed by atoms with E-state index in [9.17, 15) is 4.79 Å². The zero-order chi connectivity index (χ0) is 15.0. The van der Waals surface area contributed by atoms with E-state index < -0.39 is 5.97 Å². The molecule has 0 spiro atoms. The highest BCUT2D eigenvalue weighted by Crippen LogP contribution is 2.27. The summed E-state index contributed by atoms with van der Waals surface area (Å²) in [5.74, 6) is -0.121. The molecule has 0 bridgehead atoms. The topological polar surface area (TPSA) is 55.1 Å². The first-order valence-corrected chi connectivity index (χ1v) is 6.97. The smallest absolute Gasteiger partial charge is 0.335 e. The van der Waals surface area contributed by atoms with E-state index in [-0.39, 0.29) is 5.56 Å². The molecule has 0 aliphatic heterocycles. The fourth-order valence-electron chi connectivity index (χ4n) is 2.41. The van der Waals surface area contributed by atoms with Gasteiger partial charge in [-0.2, -0.15) is 0 Å². The molecule has 1 heterocycles. The molecule has 3 aromatic rings.